The molecule has 3 rings (SSSR count). The van der Waals surface area contributed by atoms with Gasteiger partial charge in [0, 0.05) is 12.1 Å². The van der Waals surface area contributed by atoms with E-state index in [0.29, 0.717) is 11.3 Å². The minimum absolute atomic E-state index is 0.0882. The molecule has 0 aliphatic rings. The molecular formula is C33H38ClN7O5. The maximum Gasteiger partial charge on any atom is 0.262 e. The van der Waals surface area contributed by atoms with Gasteiger partial charge in [-0.3, -0.25) is 19.4 Å². The Morgan fingerprint density at radius 1 is 1.11 bits per heavy atom. The summed E-state index contributed by atoms with van der Waals surface area (Å²) >= 11 is 5.91. The van der Waals surface area contributed by atoms with Gasteiger partial charge in [-0.05, 0) is 64.0 Å². The van der Waals surface area contributed by atoms with E-state index in [4.69, 9.17) is 16.3 Å². The fourth-order valence-electron chi connectivity index (χ4n) is 4.04. The van der Waals surface area contributed by atoms with Gasteiger partial charge in [-0.15, -0.1) is 0 Å². The maximum atomic E-state index is 13.4. The highest BCUT2D eigenvalue weighted by Crippen LogP contribution is 2.17. The molecule has 0 saturated carbocycles. The standard InChI is InChI=1S/C33H38ClN7O5/c1-20-9-11-22(12-10-20)16-37-31(44)26(38-32(45)29(21(2)42)40-28-18-36-17-27(34)39-28)19-46-25-8-6-7-23(14-25)13-24(15-35)30(43)41-33(3,4)5/h6-14,17-18,21,26,29,42H,16,19H2,1-5H3,(H,37,44)(H,38,45)(H,39,40)(H,41,43)/b24-13+/t21-,26+,29+/m1/s1. The first-order valence-electron chi connectivity index (χ1n) is 14.5. The lowest BCUT2D eigenvalue weighted by Crippen LogP contribution is -2.55. The number of ether oxygens (including phenoxy) is 1. The number of carbonyl (C=O) groups excluding carboxylic acids is 3. The van der Waals surface area contributed by atoms with Crippen molar-refractivity contribution in [3.05, 3.63) is 88.3 Å². The predicted molar refractivity (Wildman–Crippen MR) is 175 cm³/mol. The van der Waals surface area contributed by atoms with Crippen LogP contribution in [0, 0.1) is 18.3 Å². The summed E-state index contributed by atoms with van der Waals surface area (Å²) in [6.45, 7) is 8.73. The highest BCUT2D eigenvalue weighted by Gasteiger charge is 2.29. The van der Waals surface area contributed by atoms with Crippen molar-refractivity contribution < 1.29 is 24.2 Å². The molecule has 0 spiro atoms. The second-order valence-electron chi connectivity index (χ2n) is 11.6. The average Bonchev–Trinajstić information content (AvgIpc) is 2.99. The van der Waals surface area contributed by atoms with Crippen LogP contribution >= 0.6 is 11.6 Å². The van der Waals surface area contributed by atoms with E-state index < -0.39 is 41.4 Å². The molecule has 13 heteroatoms. The van der Waals surface area contributed by atoms with E-state index in [1.165, 1.54) is 25.4 Å². The second kappa shape index (κ2) is 16.4. The van der Waals surface area contributed by atoms with E-state index >= 15 is 0 Å². The van der Waals surface area contributed by atoms with Gasteiger partial charge in [0.15, 0.2) is 0 Å². The van der Waals surface area contributed by atoms with Gasteiger partial charge in [0.05, 0.1) is 18.5 Å². The number of aryl methyl sites for hydroxylation is 1. The summed E-state index contributed by atoms with van der Waals surface area (Å²) in [5.41, 5.74) is 1.83. The van der Waals surface area contributed by atoms with Crippen LogP contribution < -0.4 is 26.0 Å². The number of anilines is 1. The Bertz CT molecular complexity index is 1600. The fraction of sp³-hybridized carbons (Fsp3) is 0.333. The molecular weight excluding hydrogens is 610 g/mol. The molecule has 0 saturated heterocycles. The van der Waals surface area contributed by atoms with Crippen LogP contribution in [0.15, 0.2) is 66.5 Å². The van der Waals surface area contributed by atoms with E-state index in [-0.39, 0.29) is 29.7 Å². The first-order valence-corrected chi connectivity index (χ1v) is 14.8. The fourth-order valence-corrected chi connectivity index (χ4v) is 4.18. The number of halogens is 1. The van der Waals surface area contributed by atoms with Gasteiger partial charge in [0.25, 0.3) is 5.91 Å². The van der Waals surface area contributed by atoms with Crippen molar-refractivity contribution in [1.29, 1.82) is 5.26 Å². The summed E-state index contributed by atoms with van der Waals surface area (Å²) in [5, 5.41) is 31.0. The molecule has 0 aliphatic carbocycles. The number of nitriles is 1. The number of carbonyl (C=O) groups is 3. The quantitative estimate of drug-likeness (QED) is 0.137. The van der Waals surface area contributed by atoms with Gasteiger partial charge in [-0.25, -0.2) is 4.98 Å². The molecule has 5 N–H and O–H groups in total. The van der Waals surface area contributed by atoms with E-state index in [2.05, 4.69) is 31.2 Å². The minimum atomic E-state index is -1.21. The number of amides is 3. The first kappa shape index (κ1) is 35.5. The highest BCUT2D eigenvalue weighted by atomic mass is 35.5. The van der Waals surface area contributed by atoms with Gasteiger partial charge >= 0.3 is 0 Å². The largest absolute Gasteiger partial charge is 0.491 e. The highest BCUT2D eigenvalue weighted by molar-refractivity contribution is 6.29. The smallest absolute Gasteiger partial charge is 0.262 e. The number of rotatable bonds is 13. The van der Waals surface area contributed by atoms with Crippen LogP contribution in [0.4, 0.5) is 5.82 Å². The Morgan fingerprint density at radius 3 is 2.46 bits per heavy atom. The van der Waals surface area contributed by atoms with Crippen LogP contribution in [0.5, 0.6) is 5.75 Å². The Balaban J connectivity index is 1.79. The Kier molecular flexibility index (Phi) is 12.6. The molecule has 3 amide bonds. The van der Waals surface area contributed by atoms with Gasteiger partial charge < -0.3 is 31.1 Å². The van der Waals surface area contributed by atoms with Crippen LogP contribution in [0.2, 0.25) is 5.15 Å². The van der Waals surface area contributed by atoms with Gasteiger partial charge in [-0.1, -0.05) is 53.6 Å². The van der Waals surface area contributed by atoms with Gasteiger partial charge in [0.1, 0.15) is 47.1 Å². The molecule has 1 aromatic heterocycles. The van der Waals surface area contributed by atoms with E-state index in [1.807, 2.05) is 58.0 Å². The van der Waals surface area contributed by atoms with Crippen LogP contribution in [0.25, 0.3) is 6.08 Å². The number of hydrogen-bond donors (Lipinski definition) is 5. The van der Waals surface area contributed by atoms with E-state index in [1.54, 1.807) is 24.3 Å². The number of nitrogens with one attached hydrogen (secondary N) is 4. The molecule has 0 aliphatic heterocycles. The van der Waals surface area contributed by atoms with E-state index in [0.717, 1.165) is 11.1 Å². The molecule has 46 heavy (non-hydrogen) atoms. The summed E-state index contributed by atoms with van der Waals surface area (Å²) < 4.78 is 5.92. The number of aliphatic hydroxyl groups is 1. The zero-order valence-electron chi connectivity index (χ0n) is 26.3. The summed E-state index contributed by atoms with van der Waals surface area (Å²) in [4.78, 5) is 47.2. The summed E-state index contributed by atoms with van der Waals surface area (Å²) in [7, 11) is 0. The summed E-state index contributed by atoms with van der Waals surface area (Å²) in [6.07, 6.45) is 2.91. The van der Waals surface area contributed by atoms with Crippen molar-refractivity contribution in [2.24, 2.45) is 0 Å². The van der Waals surface area contributed by atoms with Crippen molar-refractivity contribution in [3.8, 4) is 11.8 Å². The first-order chi connectivity index (χ1) is 21.7. The lowest BCUT2D eigenvalue weighted by atomic mass is 10.1. The number of aromatic nitrogens is 2. The zero-order valence-corrected chi connectivity index (χ0v) is 27.1. The van der Waals surface area contributed by atoms with Crippen molar-refractivity contribution in [2.75, 3.05) is 11.9 Å². The number of nitrogens with zero attached hydrogens (tertiary/aromatic N) is 3. The molecule has 0 fully saturated rings. The predicted octanol–water partition coefficient (Wildman–Crippen LogP) is 3.30. The molecule has 3 atom stereocenters. The van der Waals surface area contributed by atoms with Crippen molar-refractivity contribution in [1.82, 2.24) is 25.9 Å². The molecule has 2 aromatic carbocycles. The number of aliphatic hydroxyl groups excluding tert-OH is 1. The zero-order chi connectivity index (χ0) is 33.9. The number of benzene rings is 2. The number of hydrogen-bond acceptors (Lipinski definition) is 9. The molecule has 1 heterocycles. The summed E-state index contributed by atoms with van der Waals surface area (Å²) in [5.74, 6) is -1.26. The SMILES string of the molecule is Cc1ccc(CNC(=O)[C@H](COc2cccc(/C=C(\C#N)C(=O)NC(C)(C)C)c2)NC(=O)[C@@H](Nc2cncc(Cl)n2)[C@@H](C)O)cc1. The van der Waals surface area contributed by atoms with Gasteiger partial charge in [0.2, 0.25) is 11.8 Å². The maximum absolute atomic E-state index is 13.4. The Labute approximate surface area is 273 Å². The molecule has 242 valence electrons. The lowest BCUT2D eigenvalue weighted by Gasteiger charge is -2.25. The van der Waals surface area contributed by atoms with Crippen LogP contribution in [0.3, 0.4) is 0 Å². The van der Waals surface area contributed by atoms with E-state index in [9.17, 15) is 24.8 Å². The monoisotopic (exact) mass is 647 g/mol. The second-order valence-corrected chi connectivity index (χ2v) is 12.0. The normalized spacial score (nSPS) is 13.4. The third-order valence-electron chi connectivity index (χ3n) is 6.33. The van der Waals surface area contributed by atoms with Crippen molar-refractivity contribution >= 4 is 41.2 Å². The Morgan fingerprint density at radius 2 is 1.83 bits per heavy atom. The van der Waals surface area contributed by atoms with Crippen LogP contribution in [-0.4, -0.2) is 63.1 Å². The summed E-state index contributed by atoms with van der Waals surface area (Å²) in [6, 6.07) is 13.7. The topological polar surface area (TPSA) is 178 Å². The van der Waals surface area contributed by atoms with Crippen LogP contribution in [0.1, 0.15) is 44.4 Å². The lowest BCUT2D eigenvalue weighted by molar-refractivity contribution is -0.131. The van der Waals surface area contributed by atoms with Crippen molar-refractivity contribution in [2.45, 2.75) is 64.9 Å². The Hall–Kier alpha value is -4.99. The molecule has 3 aromatic rings. The molecule has 0 bridgehead atoms. The van der Waals surface area contributed by atoms with Crippen molar-refractivity contribution in [3.63, 3.8) is 0 Å². The third kappa shape index (κ3) is 11.5. The van der Waals surface area contributed by atoms with Gasteiger partial charge in [-0.2, -0.15) is 5.26 Å². The third-order valence-corrected chi connectivity index (χ3v) is 6.52. The van der Waals surface area contributed by atoms with Crippen LogP contribution in [-0.2, 0) is 20.9 Å². The average molecular weight is 648 g/mol. The molecule has 0 radical (unpaired) electrons. The molecule has 0 unspecified atom stereocenters. The minimum Gasteiger partial charge on any atom is -0.491 e. The molecule has 12 nitrogen and oxygen atoms in total.